The lowest BCUT2D eigenvalue weighted by Gasteiger charge is -2.22. The molecule has 25 heavy (non-hydrogen) atoms. The average molecular weight is 413 g/mol. The molecule has 3 aromatic rings. The molecule has 2 aromatic carbocycles. The number of thiazole rings is 1. The normalized spacial score (nSPS) is 18.9. The van der Waals surface area contributed by atoms with Crippen molar-refractivity contribution in [3.8, 4) is 0 Å². The summed E-state index contributed by atoms with van der Waals surface area (Å²) in [5.74, 6) is 0. The minimum atomic E-state index is -3.69. The van der Waals surface area contributed by atoms with Crippen LogP contribution in [0.25, 0.3) is 10.2 Å². The van der Waals surface area contributed by atoms with E-state index in [0.29, 0.717) is 16.6 Å². The number of benzene rings is 2. The number of aromatic nitrogens is 1. The third-order valence-corrected chi connectivity index (χ3v) is 7.70. The van der Waals surface area contributed by atoms with E-state index in [2.05, 4.69) is 4.98 Å². The lowest BCUT2D eigenvalue weighted by molar-refractivity contribution is 0.396. The van der Waals surface area contributed by atoms with Crippen molar-refractivity contribution in [1.29, 1.82) is 0 Å². The quantitative estimate of drug-likeness (QED) is 0.598. The molecule has 1 fully saturated rings. The standard InChI is InChI=1S/C17H14Cl2N2O2S2/c18-11-8-12(19)10-13(9-11)25(22,23)21-7-3-5-15(21)17-20-14-4-1-2-6-16(14)24-17/h1-2,4,6,8-10,15H,3,5,7H2/t15-/m1/s1. The van der Waals surface area contributed by atoms with Crippen molar-refractivity contribution in [1.82, 2.24) is 9.29 Å². The number of sulfonamides is 1. The Labute approximate surface area is 160 Å². The summed E-state index contributed by atoms with van der Waals surface area (Å²) in [7, 11) is -3.69. The first-order valence-corrected chi connectivity index (χ1v) is 10.8. The largest absolute Gasteiger partial charge is 0.243 e. The number of fused-ring (bicyclic) bond motifs is 1. The van der Waals surface area contributed by atoms with Crippen molar-refractivity contribution >= 4 is 54.8 Å². The molecule has 0 aliphatic carbocycles. The number of hydrogen-bond donors (Lipinski definition) is 0. The topological polar surface area (TPSA) is 50.3 Å². The van der Waals surface area contributed by atoms with Crippen molar-refractivity contribution in [3.05, 3.63) is 57.5 Å². The number of para-hydroxylation sites is 1. The van der Waals surface area contributed by atoms with Crippen LogP contribution in [0.3, 0.4) is 0 Å². The molecule has 0 saturated carbocycles. The van der Waals surface area contributed by atoms with Gasteiger partial charge in [0.15, 0.2) is 0 Å². The number of nitrogens with zero attached hydrogens (tertiary/aromatic N) is 2. The molecule has 1 atom stereocenters. The third-order valence-electron chi connectivity index (χ3n) is 4.24. The van der Waals surface area contributed by atoms with Gasteiger partial charge in [0.05, 0.1) is 21.2 Å². The van der Waals surface area contributed by atoms with Crippen LogP contribution in [0.5, 0.6) is 0 Å². The van der Waals surface area contributed by atoms with Crippen LogP contribution < -0.4 is 0 Å². The van der Waals surface area contributed by atoms with Crippen LogP contribution in [0.15, 0.2) is 47.4 Å². The van der Waals surface area contributed by atoms with Gasteiger partial charge in [-0.25, -0.2) is 13.4 Å². The van der Waals surface area contributed by atoms with Crippen molar-refractivity contribution in [3.63, 3.8) is 0 Å². The molecule has 0 amide bonds. The minimum Gasteiger partial charge on any atom is -0.239 e. The predicted octanol–water partition coefficient (Wildman–Crippen LogP) is 5.13. The van der Waals surface area contributed by atoms with Crippen LogP contribution in [0.2, 0.25) is 10.0 Å². The molecule has 0 radical (unpaired) electrons. The number of rotatable bonds is 3. The van der Waals surface area contributed by atoms with Crippen LogP contribution in [0.1, 0.15) is 23.9 Å². The second-order valence-corrected chi connectivity index (χ2v) is 9.72. The van der Waals surface area contributed by atoms with Crippen LogP contribution in [0.4, 0.5) is 0 Å². The van der Waals surface area contributed by atoms with E-state index in [0.717, 1.165) is 28.1 Å². The van der Waals surface area contributed by atoms with E-state index < -0.39 is 10.0 Å². The Hall–Kier alpha value is -1.18. The van der Waals surface area contributed by atoms with E-state index in [1.807, 2.05) is 24.3 Å². The highest BCUT2D eigenvalue weighted by Gasteiger charge is 2.38. The van der Waals surface area contributed by atoms with Gasteiger partial charge in [0.2, 0.25) is 10.0 Å². The molecule has 4 nitrogen and oxygen atoms in total. The summed E-state index contributed by atoms with van der Waals surface area (Å²) in [4.78, 5) is 4.77. The van der Waals surface area contributed by atoms with Gasteiger partial charge < -0.3 is 0 Å². The second kappa shape index (κ2) is 6.52. The fourth-order valence-electron chi connectivity index (χ4n) is 3.12. The summed E-state index contributed by atoms with van der Waals surface area (Å²) < 4.78 is 28.8. The average Bonchev–Trinajstić information content (AvgIpc) is 3.20. The van der Waals surface area contributed by atoms with Gasteiger partial charge in [-0.15, -0.1) is 11.3 Å². The molecule has 2 heterocycles. The van der Waals surface area contributed by atoms with Gasteiger partial charge in [-0.05, 0) is 43.2 Å². The molecular weight excluding hydrogens is 399 g/mol. The molecule has 0 unspecified atom stereocenters. The number of halogens is 2. The van der Waals surface area contributed by atoms with Crippen molar-refractivity contribution in [2.24, 2.45) is 0 Å². The van der Waals surface area contributed by atoms with E-state index in [9.17, 15) is 8.42 Å². The first-order valence-electron chi connectivity index (χ1n) is 7.78. The van der Waals surface area contributed by atoms with Crippen molar-refractivity contribution in [2.45, 2.75) is 23.8 Å². The molecule has 8 heteroatoms. The lowest BCUT2D eigenvalue weighted by Crippen LogP contribution is -2.30. The van der Waals surface area contributed by atoms with Crippen LogP contribution in [-0.2, 0) is 10.0 Å². The SMILES string of the molecule is O=S(=O)(c1cc(Cl)cc(Cl)c1)N1CCC[C@@H]1c1nc2ccccc2s1. The summed E-state index contributed by atoms with van der Waals surface area (Å²) >= 11 is 13.5. The monoisotopic (exact) mass is 412 g/mol. The van der Waals surface area contributed by atoms with Gasteiger partial charge in [0, 0.05) is 16.6 Å². The predicted molar refractivity (Wildman–Crippen MR) is 102 cm³/mol. The molecule has 1 aliphatic heterocycles. The van der Waals surface area contributed by atoms with E-state index in [-0.39, 0.29) is 10.9 Å². The Morgan fingerprint density at radius 3 is 2.56 bits per heavy atom. The molecular formula is C17H14Cl2N2O2S2. The van der Waals surface area contributed by atoms with E-state index in [4.69, 9.17) is 23.2 Å². The summed E-state index contributed by atoms with van der Waals surface area (Å²) in [5.41, 5.74) is 0.901. The van der Waals surface area contributed by atoms with Crippen LogP contribution in [0, 0.1) is 0 Å². The molecule has 1 saturated heterocycles. The second-order valence-electron chi connectivity index (χ2n) is 5.90. The van der Waals surface area contributed by atoms with Gasteiger partial charge >= 0.3 is 0 Å². The highest BCUT2D eigenvalue weighted by atomic mass is 35.5. The maximum Gasteiger partial charge on any atom is 0.243 e. The lowest BCUT2D eigenvalue weighted by atomic mass is 10.2. The highest BCUT2D eigenvalue weighted by Crippen LogP contribution is 2.40. The Balaban J connectivity index is 1.75. The molecule has 0 bridgehead atoms. The number of hydrogen-bond acceptors (Lipinski definition) is 4. The Kier molecular flexibility index (Phi) is 4.50. The van der Waals surface area contributed by atoms with Gasteiger partial charge in [0.1, 0.15) is 5.01 Å². The van der Waals surface area contributed by atoms with Gasteiger partial charge in [0.25, 0.3) is 0 Å². The third kappa shape index (κ3) is 3.17. The Morgan fingerprint density at radius 1 is 1.12 bits per heavy atom. The fourth-order valence-corrected chi connectivity index (χ4v) is 6.69. The molecule has 130 valence electrons. The van der Waals surface area contributed by atoms with Gasteiger partial charge in [-0.1, -0.05) is 35.3 Å². The zero-order valence-corrected chi connectivity index (χ0v) is 16.2. The first-order chi connectivity index (χ1) is 11.9. The fraction of sp³-hybridized carbons (Fsp3) is 0.235. The van der Waals surface area contributed by atoms with E-state index >= 15 is 0 Å². The smallest absolute Gasteiger partial charge is 0.239 e. The van der Waals surface area contributed by atoms with Crippen LogP contribution >= 0.6 is 34.5 Å². The molecule has 1 aromatic heterocycles. The van der Waals surface area contributed by atoms with E-state index in [1.165, 1.54) is 22.5 Å². The minimum absolute atomic E-state index is 0.123. The molecule has 0 N–H and O–H groups in total. The summed E-state index contributed by atoms with van der Waals surface area (Å²) in [6.45, 7) is 0.465. The zero-order valence-electron chi connectivity index (χ0n) is 13.0. The maximum absolute atomic E-state index is 13.1. The maximum atomic E-state index is 13.1. The first kappa shape index (κ1) is 17.2. The molecule has 1 aliphatic rings. The Bertz CT molecular complexity index is 996. The summed E-state index contributed by atoms with van der Waals surface area (Å²) in [6.07, 6.45) is 1.56. The summed E-state index contributed by atoms with van der Waals surface area (Å²) in [6, 6.07) is 12.0. The molecule has 4 rings (SSSR count). The Morgan fingerprint density at radius 2 is 1.84 bits per heavy atom. The zero-order chi connectivity index (χ0) is 17.6. The summed E-state index contributed by atoms with van der Waals surface area (Å²) in [5, 5.41) is 1.44. The van der Waals surface area contributed by atoms with Crippen LogP contribution in [-0.4, -0.2) is 24.3 Å². The van der Waals surface area contributed by atoms with Crippen molar-refractivity contribution < 1.29 is 8.42 Å². The van der Waals surface area contributed by atoms with Gasteiger partial charge in [-0.3, -0.25) is 0 Å². The van der Waals surface area contributed by atoms with E-state index in [1.54, 1.807) is 11.3 Å². The highest BCUT2D eigenvalue weighted by molar-refractivity contribution is 7.89. The van der Waals surface area contributed by atoms with Crippen molar-refractivity contribution in [2.75, 3.05) is 6.54 Å². The molecule has 0 spiro atoms. The van der Waals surface area contributed by atoms with Gasteiger partial charge in [-0.2, -0.15) is 4.31 Å².